The highest BCUT2D eigenvalue weighted by atomic mass is 19.1. The van der Waals surface area contributed by atoms with Gasteiger partial charge in [0.2, 0.25) is 0 Å². The van der Waals surface area contributed by atoms with Gasteiger partial charge in [-0.25, -0.2) is 4.39 Å². The summed E-state index contributed by atoms with van der Waals surface area (Å²) in [5.41, 5.74) is 6.30. The summed E-state index contributed by atoms with van der Waals surface area (Å²) in [5, 5.41) is 0. The molecule has 1 saturated heterocycles. The van der Waals surface area contributed by atoms with Crippen molar-refractivity contribution in [2.45, 2.75) is 12.5 Å². The molecule has 2 N–H and O–H groups in total. The maximum Gasteiger partial charge on any atom is 0.125 e. The molecule has 0 saturated carbocycles. The third-order valence-corrected chi connectivity index (χ3v) is 2.55. The van der Waals surface area contributed by atoms with E-state index in [-0.39, 0.29) is 11.9 Å². The number of nitrogens with two attached hydrogens (primary N) is 1. The summed E-state index contributed by atoms with van der Waals surface area (Å²) < 4.78 is 18.8. The molecule has 1 aliphatic carbocycles. The van der Waals surface area contributed by atoms with Crippen LogP contribution in [0.4, 0.5) is 4.39 Å². The Morgan fingerprint density at radius 1 is 1.43 bits per heavy atom. The van der Waals surface area contributed by atoms with E-state index >= 15 is 0 Å². The van der Waals surface area contributed by atoms with E-state index in [1.165, 1.54) is 0 Å². The van der Waals surface area contributed by atoms with Crippen LogP contribution in [0.15, 0.2) is 23.7 Å². The Bertz CT molecular complexity index is 269. The van der Waals surface area contributed by atoms with Crippen molar-refractivity contribution in [3.05, 3.63) is 23.7 Å². The molecule has 0 spiro atoms. The third-order valence-electron chi connectivity index (χ3n) is 2.55. The van der Waals surface area contributed by atoms with Crippen molar-refractivity contribution < 1.29 is 9.13 Å². The topological polar surface area (TPSA) is 38.5 Å². The van der Waals surface area contributed by atoms with Gasteiger partial charge in [0.25, 0.3) is 0 Å². The van der Waals surface area contributed by atoms with Crippen molar-refractivity contribution in [2.24, 2.45) is 5.73 Å². The molecule has 1 unspecified atom stereocenters. The van der Waals surface area contributed by atoms with Crippen LogP contribution >= 0.6 is 0 Å². The Balaban J connectivity index is 2.09. The van der Waals surface area contributed by atoms with E-state index in [1.54, 1.807) is 6.08 Å². The summed E-state index contributed by atoms with van der Waals surface area (Å²) in [7, 11) is 0. The lowest BCUT2D eigenvalue weighted by Crippen LogP contribution is -2.36. The molecule has 1 heterocycles. The number of halogens is 1. The zero-order valence-electron chi connectivity index (χ0n) is 8.08. The Labute approximate surface area is 83.0 Å². The Morgan fingerprint density at radius 2 is 2.14 bits per heavy atom. The first-order chi connectivity index (χ1) is 6.77. The average Bonchev–Trinajstić information content (AvgIpc) is 2.19. The second-order valence-electron chi connectivity index (χ2n) is 3.62. The first-order valence-electron chi connectivity index (χ1n) is 4.92. The lowest BCUT2D eigenvalue weighted by molar-refractivity contribution is 0.0538. The van der Waals surface area contributed by atoms with Gasteiger partial charge in [-0.3, -0.25) is 0 Å². The molecule has 0 aromatic heterocycles. The smallest absolute Gasteiger partial charge is 0.125 e. The van der Waals surface area contributed by atoms with E-state index < -0.39 is 0 Å². The zero-order chi connectivity index (χ0) is 9.97. The van der Waals surface area contributed by atoms with Crippen LogP contribution in [0.25, 0.3) is 0 Å². The van der Waals surface area contributed by atoms with E-state index in [4.69, 9.17) is 10.5 Å². The van der Waals surface area contributed by atoms with Crippen molar-refractivity contribution in [1.29, 1.82) is 0 Å². The van der Waals surface area contributed by atoms with Crippen molar-refractivity contribution in [1.82, 2.24) is 4.90 Å². The molecule has 4 heteroatoms. The van der Waals surface area contributed by atoms with Crippen molar-refractivity contribution >= 4 is 0 Å². The maximum atomic E-state index is 13.5. The molecular weight excluding hydrogens is 183 g/mol. The summed E-state index contributed by atoms with van der Waals surface area (Å²) in [4.78, 5) is 2.02. The Kier molecular flexibility index (Phi) is 2.84. The second-order valence-corrected chi connectivity index (χ2v) is 3.62. The SMILES string of the molecule is NC1C=CC(N2CCOCC2)=C(F)C1. The van der Waals surface area contributed by atoms with E-state index in [0.29, 0.717) is 25.3 Å². The molecule has 0 bridgehead atoms. The molecule has 3 nitrogen and oxygen atoms in total. The van der Waals surface area contributed by atoms with Gasteiger partial charge in [-0.05, 0) is 6.08 Å². The Morgan fingerprint density at radius 3 is 2.79 bits per heavy atom. The lowest BCUT2D eigenvalue weighted by atomic mass is 10.1. The minimum atomic E-state index is -0.167. The maximum absolute atomic E-state index is 13.5. The van der Waals surface area contributed by atoms with Crippen LogP contribution in [0, 0.1) is 0 Å². The third kappa shape index (κ3) is 1.96. The highest BCUT2D eigenvalue weighted by Crippen LogP contribution is 2.23. The van der Waals surface area contributed by atoms with E-state index in [1.807, 2.05) is 11.0 Å². The molecule has 0 aromatic rings. The normalized spacial score (nSPS) is 28.4. The van der Waals surface area contributed by atoms with Crippen LogP contribution in [-0.2, 0) is 4.74 Å². The molecule has 2 aliphatic rings. The van der Waals surface area contributed by atoms with E-state index in [0.717, 1.165) is 13.1 Å². The molecule has 14 heavy (non-hydrogen) atoms. The van der Waals surface area contributed by atoms with Gasteiger partial charge in [0.1, 0.15) is 5.83 Å². The molecule has 0 amide bonds. The second kappa shape index (κ2) is 4.11. The number of morpholine rings is 1. The van der Waals surface area contributed by atoms with Crippen LogP contribution in [0.5, 0.6) is 0 Å². The fraction of sp³-hybridized carbons (Fsp3) is 0.600. The fourth-order valence-electron chi connectivity index (χ4n) is 1.77. The van der Waals surface area contributed by atoms with Crippen LogP contribution < -0.4 is 5.73 Å². The number of allylic oxidation sites excluding steroid dienone is 1. The summed E-state index contributed by atoms with van der Waals surface area (Å²) in [6.45, 7) is 2.89. The van der Waals surface area contributed by atoms with E-state index in [9.17, 15) is 4.39 Å². The monoisotopic (exact) mass is 198 g/mol. The van der Waals surface area contributed by atoms with Gasteiger partial charge < -0.3 is 15.4 Å². The van der Waals surface area contributed by atoms with Gasteiger partial charge in [0, 0.05) is 25.6 Å². The van der Waals surface area contributed by atoms with Crippen molar-refractivity contribution in [3.63, 3.8) is 0 Å². The highest BCUT2D eigenvalue weighted by molar-refractivity contribution is 5.27. The quantitative estimate of drug-likeness (QED) is 0.677. The first kappa shape index (κ1) is 9.68. The van der Waals surface area contributed by atoms with Gasteiger partial charge in [-0.15, -0.1) is 0 Å². The molecule has 1 fully saturated rings. The Hall–Kier alpha value is -0.870. The number of ether oxygens (including phenoxy) is 1. The standard InChI is InChI=1S/C10H15FN2O/c11-9-7-8(12)1-2-10(9)13-3-5-14-6-4-13/h1-2,8H,3-7,12H2. The lowest BCUT2D eigenvalue weighted by Gasteiger charge is -2.31. The zero-order valence-corrected chi connectivity index (χ0v) is 8.08. The summed E-state index contributed by atoms with van der Waals surface area (Å²) >= 11 is 0. The minimum absolute atomic E-state index is 0.0955. The predicted octanol–water partition coefficient (Wildman–Crippen LogP) is 0.787. The number of hydrogen-bond acceptors (Lipinski definition) is 3. The molecule has 0 radical (unpaired) electrons. The van der Waals surface area contributed by atoms with Crippen LogP contribution in [-0.4, -0.2) is 37.2 Å². The molecule has 1 atom stereocenters. The van der Waals surface area contributed by atoms with Gasteiger partial charge in [-0.1, -0.05) is 6.08 Å². The molecule has 0 aromatic carbocycles. The van der Waals surface area contributed by atoms with Gasteiger partial charge in [-0.2, -0.15) is 0 Å². The van der Waals surface area contributed by atoms with Gasteiger partial charge in [0.15, 0.2) is 0 Å². The highest BCUT2D eigenvalue weighted by Gasteiger charge is 2.19. The fourth-order valence-corrected chi connectivity index (χ4v) is 1.77. The molecule has 2 rings (SSSR count). The molecule has 78 valence electrons. The minimum Gasteiger partial charge on any atom is -0.378 e. The number of nitrogens with zero attached hydrogens (tertiary/aromatic N) is 1. The average molecular weight is 198 g/mol. The molecular formula is C10H15FN2O. The number of rotatable bonds is 1. The van der Waals surface area contributed by atoms with Gasteiger partial charge in [0.05, 0.1) is 18.9 Å². The van der Waals surface area contributed by atoms with Gasteiger partial charge >= 0.3 is 0 Å². The van der Waals surface area contributed by atoms with Crippen LogP contribution in [0.2, 0.25) is 0 Å². The summed E-state index contributed by atoms with van der Waals surface area (Å²) in [6.07, 6.45) is 3.96. The van der Waals surface area contributed by atoms with Crippen molar-refractivity contribution in [2.75, 3.05) is 26.3 Å². The van der Waals surface area contributed by atoms with Crippen LogP contribution in [0.1, 0.15) is 6.42 Å². The summed E-state index contributed by atoms with van der Waals surface area (Å²) in [5.74, 6) is -0.0955. The van der Waals surface area contributed by atoms with Crippen LogP contribution in [0.3, 0.4) is 0 Å². The number of hydrogen-bond donors (Lipinski definition) is 1. The van der Waals surface area contributed by atoms with Crippen molar-refractivity contribution in [3.8, 4) is 0 Å². The largest absolute Gasteiger partial charge is 0.378 e. The first-order valence-corrected chi connectivity index (χ1v) is 4.92. The van der Waals surface area contributed by atoms with E-state index in [2.05, 4.69) is 0 Å². The molecule has 1 aliphatic heterocycles. The predicted molar refractivity (Wildman–Crippen MR) is 52.3 cm³/mol. The summed E-state index contributed by atoms with van der Waals surface area (Å²) in [6, 6.07) is -0.167.